The number of aromatic carboxylic acids is 1. The number of benzene rings is 2. The third-order valence-corrected chi connectivity index (χ3v) is 5.16. The zero-order chi connectivity index (χ0) is 23.6. The first-order chi connectivity index (χ1) is 15.1. The minimum Gasteiger partial charge on any atom is -0.493 e. The van der Waals surface area contributed by atoms with Crippen molar-refractivity contribution in [3.8, 4) is 17.2 Å². The van der Waals surface area contributed by atoms with E-state index >= 15 is 0 Å². The Bertz CT molecular complexity index is 1080. The van der Waals surface area contributed by atoms with Crippen LogP contribution >= 0.6 is 11.6 Å². The highest BCUT2D eigenvalue weighted by molar-refractivity contribution is 6.31. The minimum absolute atomic E-state index is 0.0422. The Morgan fingerprint density at radius 3 is 2.44 bits per heavy atom. The number of rotatable bonds is 7. The second kappa shape index (κ2) is 8.96. The number of carbonyl (C=O) groups is 3. The number of fused-ring (bicyclic) bond motifs is 1. The minimum atomic E-state index is -1.24. The summed E-state index contributed by atoms with van der Waals surface area (Å²) in [5.74, 6) is -1.08. The van der Waals surface area contributed by atoms with E-state index in [-0.39, 0.29) is 41.6 Å². The quantitative estimate of drug-likeness (QED) is 0.646. The first-order valence-electron chi connectivity index (χ1n) is 9.67. The molecule has 0 atom stereocenters. The van der Waals surface area contributed by atoms with Crippen LogP contribution in [0.5, 0.6) is 17.2 Å². The smallest absolute Gasteiger partial charge is 0.337 e. The number of ether oxygens (including phenoxy) is 3. The molecule has 9 nitrogen and oxygen atoms in total. The van der Waals surface area contributed by atoms with Crippen LogP contribution in [0.3, 0.4) is 0 Å². The molecular weight excluding hydrogens is 440 g/mol. The summed E-state index contributed by atoms with van der Waals surface area (Å²) in [7, 11) is 2.78. The fourth-order valence-electron chi connectivity index (χ4n) is 3.35. The third-order valence-electron chi connectivity index (χ3n) is 4.93. The molecular formula is C22H23ClN2O7. The van der Waals surface area contributed by atoms with Gasteiger partial charge in [0.25, 0.3) is 5.91 Å². The SMILES string of the molecule is COc1cc(NC(=O)CCN2C(=O)C(C)(C)Oc3ccc(Cl)cc32)c(C(=O)O)cc1OC. The van der Waals surface area contributed by atoms with Crippen LogP contribution in [0, 0.1) is 0 Å². The monoisotopic (exact) mass is 462 g/mol. The van der Waals surface area contributed by atoms with Crippen molar-refractivity contribution in [1.29, 1.82) is 0 Å². The van der Waals surface area contributed by atoms with E-state index in [1.165, 1.54) is 31.3 Å². The number of hydrogen-bond donors (Lipinski definition) is 2. The van der Waals surface area contributed by atoms with E-state index in [9.17, 15) is 19.5 Å². The van der Waals surface area contributed by atoms with Gasteiger partial charge in [-0.15, -0.1) is 0 Å². The zero-order valence-corrected chi connectivity index (χ0v) is 18.8. The summed E-state index contributed by atoms with van der Waals surface area (Å²) >= 11 is 6.08. The Balaban J connectivity index is 1.81. The molecule has 2 aromatic rings. The Morgan fingerprint density at radius 1 is 1.16 bits per heavy atom. The molecule has 2 aromatic carbocycles. The highest BCUT2D eigenvalue weighted by Gasteiger charge is 2.41. The summed E-state index contributed by atoms with van der Waals surface area (Å²) in [6, 6.07) is 7.56. The van der Waals surface area contributed by atoms with E-state index in [1.54, 1.807) is 32.0 Å². The molecule has 0 fully saturated rings. The molecule has 3 rings (SSSR count). The molecule has 0 saturated heterocycles. The highest BCUT2D eigenvalue weighted by Crippen LogP contribution is 2.39. The van der Waals surface area contributed by atoms with E-state index in [1.807, 2.05) is 0 Å². The van der Waals surface area contributed by atoms with Crippen LogP contribution in [-0.2, 0) is 9.59 Å². The van der Waals surface area contributed by atoms with Crippen molar-refractivity contribution in [2.45, 2.75) is 25.9 Å². The van der Waals surface area contributed by atoms with Crippen LogP contribution in [0.2, 0.25) is 5.02 Å². The summed E-state index contributed by atoms with van der Waals surface area (Å²) in [6.45, 7) is 3.33. The summed E-state index contributed by atoms with van der Waals surface area (Å²) in [6.07, 6.45) is -0.0961. The number of anilines is 2. The van der Waals surface area contributed by atoms with Crippen LogP contribution in [0.15, 0.2) is 30.3 Å². The molecule has 1 aliphatic rings. The van der Waals surface area contributed by atoms with E-state index in [0.29, 0.717) is 16.5 Å². The average molecular weight is 463 g/mol. The molecule has 32 heavy (non-hydrogen) atoms. The van der Waals surface area contributed by atoms with Gasteiger partial charge in [0.15, 0.2) is 17.1 Å². The van der Waals surface area contributed by atoms with Crippen molar-refractivity contribution in [1.82, 2.24) is 0 Å². The lowest BCUT2D eigenvalue weighted by Gasteiger charge is -2.38. The normalized spacial score (nSPS) is 14.3. The van der Waals surface area contributed by atoms with Gasteiger partial charge in [0.1, 0.15) is 5.75 Å². The molecule has 0 radical (unpaired) electrons. The van der Waals surface area contributed by atoms with E-state index in [2.05, 4.69) is 5.32 Å². The number of nitrogens with one attached hydrogen (secondary N) is 1. The molecule has 2 amide bonds. The van der Waals surface area contributed by atoms with Gasteiger partial charge in [-0.2, -0.15) is 0 Å². The first kappa shape index (κ1) is 23.2. The standard InChI is InChI=1S/C22H23ClN2O7/c1-22(2)21(29)25(15-9-12(23)5-6-16(15)32-22)8-7-19(26)24-14-11-18(31-4)17(30-3)10-13(14)20(27)28/h5-6,9-11H,7-8H2,1-4H3,(H,24,26)(H,27,28). The molecule has 1 heterocycles. The number of nitrogens with zero attached hydrogens (tertiary/aromatic N) is 1. The first-order valence-corrected chi connectivity index (χ1v) is 10.0. The van der Waals surface area contributed by atoms with Crippen molar-refractivity contribution >= 4 is 40.8 Å². The maximum absolute atomic E-state index is 12.9. The molecule has 0 saturated carbocycles. The van der Waals surface area contributed by atoms with Crippen molar-refractivity contribution in [2.24, 2.45) is 0 Å². The predicted molar refractivity (Wildman–Crippen MR) is 118 cm³/mol. The largest absolute Gasteiger partial charge is 0.493 e. The number of amides is 2. The van der Waals surface area contributed by atoms with Crippen molar-refractivity contribution in [3.63, 3.8) is 0 Å². The van der Waals surface area contributed by atoms with Gasteiger partial charge in [0.05, 0.1) is 31.2 Å². The van der Waals surface area contributed by atoms with Crippen LogP contribution in [-0.4, -0.2) is 49.3 Å². The lowest BCUT2D eigenvalue weighted by atomic mass is 10.0. The summed E-state index contributed by atoms with van der Waals surface area (Å²) in [5, 5.41) is 12.5. The lowest BCUT2D eigenvalue weighted by Crippen LogP contribution is -2.53. The number of carboxylic acids is 1. The Hall–Kier alpha value is -3.46. The molecule has 0 spiro atoms. The van der Waals surface area contributed by atoms with Gasteiger partial charge in [-0.25, -0.2) is 4.79 Å². The maximum atomic E-state index is 12.9. The second-order valence-electron chi connectivity index (χ2n) is 7.54. The number of methoxy groups -OCH3 is 2. The maximum Gasteiger partial charge on any atom is 0.337 e. The van der Waals surface area contributed by atoms with Crippen LogP contribution in [0.4, 0.5) is 11.4 Å². The molecule has 170 valence electrons. The fraction of sp³-hybridized carbons (Fsp3) is 0.318. The Kier molecular flexibility index (Phi) is 6.50. The Morgan fingerprint density at radius 2 is 1.81 bits per heavy atom. The molecule has 2 N–H and O–H groups in total. The van der Waals surface area contributed by atoms with Crippen molar-refractivity contribution in [3.05, 3.63) is 40.9 Å². The summed E-state index contributed by atoms with van der Waals surface area (Å²) in [4.78, 5) is 38.6. The highest BCUT2D eigenvalue weighted by atomic mass is 35.5. The van der Waals surface area contributed by atoms with E-state index in [4.69, 9.17) is 25.8 Å². The zero-order valence-electron chi connectivity index (χ0n) is 18.0. The van der Waals surface area contributed by atoms with Gasteiger partial charge in [-0.1, -0.05) is 11.6 Å². The van der Waals surface area contributed by atoms with Gasteiger partial charge in [-0.05, 0) is 32.0 Å². The van der Waals surface area contributed by atoms with Crippen LogP contribution in [0.25, 0.3) is 0 Å². The van der Waals surface area contributed by atoms with Crippen LogP contribution < -0.4 is 24.4 Å². The topological polar surface area (TPSA) is 114 Å². The fourth-order valence-corrected chi connectivity index (χ4v) is 3.51. The predicted octanol–water partition coefficient (Wildman–Crippen LogP) is 3.59. The van der Waals surface area contributed by atoms with Gasteiger partial charge < -0.3 is 29.5 Å². The van der Waals surface area contributed by atoms with Gasteiger partial charge in [0.2, 0.25) is 5.91 Å². The number of carboxylic acid groups (broad SMARTS) is 1. The molecule has 0 aromatic heterocycles. The molecule has 1 aliphatic heterocycles. The van der Waals surface area contributed by atoms with Crippen LogP contribution in [0.1, 0.15) is 30.6 Å². The number of carbonyl (C=O) groups excluding carboxylic acids is 2. The second-order valence-corrected chi connectivity index (χ2v) is 7.97. The third kappa shape index (κ3) is 4.57. The van der Waals surface area contributed by atoms with Crippen molar-refractivity contribution in [2.75, 3.05) is 31.0 Å². The Labute approximate surface area is 189 Å². The van der Waals surface area contributed by atoms with E-state index < -0.39 is 17.5 Å². The molecule has 10 heteroatoms. The summed E-state index contributed by atoms with van der Waals surface area (Å²) in [5.41, 5.74) is -0.752. The summed E-state index contributed by atoms with van der Waals surface area (Å²) < 4.78 is 16.1. The number of hydrogen-bond acceptors (Lipinski definition) is 6. The molecule has 0 bridgehead atoms. The average Bonchev–Trinajstić information content (AvgIpc) is 2.74. The van der Waals surface area contributed by atoms with Gasteiger partial charge in [0, 0.05) is 30.1 Å². The van der Waals surface area contributed by atoms with Crippen molar-refractivity contribution < 1.29 is 33.7 Å². The molecule has 0 aliphatic carbocycles. The van der Waals surface area contributed by atoms with E-state index in [0.717, 1.165) is 0 Å². The number of halogens is 1. The van der Waals surface area contributed by atoms with Gasteiger partial charge in [-0.3, -0.25) is 9.59 Å². The molecule has 0 unspecified atom stereocenters. The van der Waals surface area contributed by atoms with Gasteiger partial charge >= 0.3 is 5.97 Å². The lowest BCUT2D eigenvalue weighted by molar-refractivity contribution is -0.132.